The number of fused-ring (bicyclic) bond motifs is 1. The minimum atomic E-state index is -0.117. The Bertz CT molecular complexity index is 997. The molecular weight excluding hydrogens is 392 g/mol. The monoisotopic (exact) mass is 410 g/mol. The van der Waals surface area contributed by atoms with E-state index in [0.29, 0.717) is 15.9 Å². The number of anilines is 2. The molecule has 28 heavy (non-hydrogen) atoms. The third kappa shape index (κ3) is 4.64. The van der Waals surface area contributed by atoms with Gasteiger partial charge in [0.15, 0.2) is 5.16 Å². The van der Waals surface area contributed by atoms with E-state index in [9.17, 15) is 4.79 Å². The normalized spacial score (nSPS) is 13.1. The van der Waals surface area contributed by atoms with Crippen LogP contribution in [0.4, 0.5) is 11.5 Å². The second kappa shape index (κ2) is 8.63. The Kier molecular flexibility index (Phi) is 5.78. The molecule has 1 amide bonds. The first-order valence-corrected chi connectivity index (χ1v) is 10.4. The molecule has 1 N–H and O–H groups in total. The van der Waals surface area contributed by atoms with E-state index in [1.54, 1.807) is 30.5 Å². The number of aromatic nitrogens is 2. The van der Waals surface area contributed by atoms with Crippen molar-refractivity contribution in [2.75, 3.05) is 22.5 Å². The van der Waals surface area contributed by atoms with Crippen LogP contribution in [0.3, 0.4) is 0 Å². The Hall–Kier alpha value is -2.57. The molecule has 0 bridgehead atoms. The van der Waals surface area contributed by atoms with Gasteiger partial charge in [0.1, 0.15) is 5.82 Å². The average molecular weight is 411 g/mol. The highest BCUT2D eigenvalue weighted by molar-refractivity contribution is 7.99. The van der Waals surface area contributed by atoms with E-state index in [-0.39, 0.29) is 11.7 Å². The van der Waals surface area contributed by atoms with Crippen LogP contribution in [-0.2, 0) is 17.8 Å². The predicted molar refractivity (Wildman–Crippen MR) is 114 cm³/mol. The van der Waals surface area contributed by atoms with Gasteiger partial charge in [-0.15, -0.1) is 0 Å². The summed E-state index contributed by atoms with van der Waals surface area (Å²) in [5, 5.41) is 4.01. The van der Waals surface area contributed by atoms with Crippen molar-refractivity contribution in [2.24, 2.45) is 0 Å². The van der Waals surface area contributed by atoms with Gasteiger partial charge in [0.25, 0.3) is 0 Å². The van der Waals surface area contributed by atoms with E-state index >= 15 is 0 Å². The molecule has 0 saturated carbocycles. The number of benzene rings is 2. The van der Waals surface area contributed by atoms with Crippen molar-refractivity contribution >= 4 is 40.8 Å². The molecule has 2 aromatic carbocycles. The number of nitrogens with one attached hydrogen (secondary N) is 1. The van der Waals surface area contributed by atoms with Gasteiger partial charge in [-0.25, -0.2) is 9.97 Å². The summed E-state index contributed by atoms with van der Waals surface area (Å²) < 4.78 is 0. The van der Waals surface area contributed by atoms with Crippen molar-refractivity contribution in [3.8, 4) is 0 Å². The lowest BCUT2D eigenvalue weighted by Gasteiger charge is -2.29. The van der Waals surface area contributed by atoms with E-state index in [1.807, 2.05) is 6.07 Å². The van der Waals surface area contributed by atoms with Crippen molar-refractivity contribution in [1.29, 1.82) is 0 Å². The predicted octanol–water partition coefficient (Wildman–Crippen LogP) is 4.42. The summed E-state index contributed by atoms with van der Waals surface area (Å²) in [5.74, 6) is 1.01. The van der Waals surface area contributed by atoms with Gasteiger partial charge in [-0.1, -0.05) is 53.7 Å². The molecule has 142 valence electrons. The van der Waals surface area contributed by atoms with Gasteiger partial charge in [-0.3, -0.25) is 4.79 Å². The summed E-state index contributed by atoms with van der Waals surface area (Å²) in [7, 11) is 0. The van der Waals surface area contributed by atoms with Gasteiger partial charge in [-0.2, -0.15) is 0 Å². The van der Waals surface area contributed by atoms with Gasteiger partial charge in [0.2, 0.25) is 5.91 Å². The van der Waals surface area contributed by atoms with Gasteiger partial charge >= 0.3 is 0 Å². The second-order valence-corrected chi connectivity index (χ2v) is 7.86. The molecule has 1 aliphatic rings. The van der Waals surface area contributed by atoms with Crippen LogP contribution in [0.5, 0.6) is 0 Å². The van der Waals surface area contributed by atoms with Gasteiger partial charge < -0.3 is 10.2 Å². The zero-order chi connectivity index (χ0) is 19.3. The standard InChI is InChI=1S/C21H19ClN4OS/c22-17-6-3-7-18(12-17)24-20(27)14-28-21-23-10-8-19(25-21)26-11-9-15-4-1-2-5-16(15)13-26/h1-8,10,12H,9,11,13-14H2,(H,24,27). The number of nitrogens with zero attached hydrogens (tertiary/aromatic N) is 3. The van der Waals surface area contributed by atoms with E-state index in [4.69, 9.17) is 11.6 Å². The van der Waals surface area contributed by atoms with Crippen LogP contribution in [0.25, 0.3) is 0 Å². The molecule has 0 atom stereocenters. The lowest BCUT2D eigenvalue weighted by atomic mass is 10.00. The topological polar surface area (TPSA) is 58.1 Å². The number of carbonyl (C=O) groups excluding carboxylic acids is 1. The van der Waals surface area contributed by atoms with Crippen LogP contribution < -0.4 is 10.2 Å². The van der Waals surface area contributed by atoms with Gasteiger partial charge in [-0.05, 0) is 41.8 Å². The fourth-order valence-corrected chi connectivity index (χ4v) is 3.98. The highest BCUT2D eigenvalue weighted by Gasteiger charge is 2.17. The molecule has 1 aromatic heterocycles. The van der Waals surface area contributed by atoms with Crippen LogP contribution in [-0.4, -0.2) is 28.2 Å². The number of halogens is 1. The van der Waals surface area contributed by atoms with Gasteiger partial charge in [0.05, 0.1) is 5.75 Å². The first-order chi connectivity index (χ1) is 13.7. The summed E-state index contributed by atoms with van der Waals surface area (Å²) in [6, 6.07) is 17.5. The first-order valence-electron chi connectivity index (χ1n) is 9.00. The van der Waals surface area contributed by atoms with Crippen molar-refractivity contribution in [3.63, 3.8) is 0 Å². The molecular formula is C21H19ClN4OS. The summed E-state index contributed by atoms with van der Waals surface area (Å²) in [6.07, 6.45) is 2.75. The third-order valence-corrected chi connectivity index (χ3v) is 5.61. The van der Waals surface area contributed by atoms with Crippen molar-refractivity contribution < 1.29 is 4.79 Å². The van der Waals surface area contributed by atoms with E-state index < -0.39 is 0 Å². The molecule has 0 fully saturated rings. The lowest BCUT2D eigenvalue weighted by molar-refractivity contribution is -0.113. The number of carbonyl (C=O) groups is 1. The zero-order valence-corrected chi connectivity index (χ0v) is 16.7. The smallest absolute Gasteiger partial charge is 0.234 e. The molecule has 0 unspecified atom stereocenters. The maximum atomic E-state index is 12.2. The fraction of sp³-hybridized carbons (Fsp3) is 0.190. The summed E-state index contributed by atoms with van der Waals surface area (Å²) >= 11 is 7.26. The first kappa shape index (κ1) is 18.8. The molecule has 5 nitrogen and oxygen atoms in total. The largest absolute Gasteiger partial charge is 0.352 e. The minimum absolute atomic E-state index is 0.117. The van der Waals surface area contributed by atoms with Crippen molar-refractivity contribution in [2.45, 2.75) is 18.1 Å². The maximum absolute atomic E-state index is 12.2. The zero-order valence-electron chi connectivity index (χ0n) is 15.1. The molecule has 4 rings (SSSR count). The number of rotatable bonds is 5. The van der Waals surface area contributed by atoms with Crippen LogP contribution in [0.15, 0.2) is 66.0 Å². The quantitative estimate of drug-likeness (QED) is 0.498. The van der Waals surface area contributed by atoms with E-state index in [1.165, 1.54) is 22.9 Å². The SMILES string of the molecule is O=C(CSc1nccc(N2CCc3ccccc3C2)n1)Nc1cccc(Cl)c1. The molecule has 0 saturated heterocycles. The molecule has 0 radical (unpaired) electrons. The van der Waals surface area contributed by atoms with E-state index in [2.05, 4.69) is 44.5 Å². The number of amides is 1. The Balaban J connectivity index is 1.37. The van der Waals surface area contributed by atoms with Crippen molar-refractivity contribution in [1.82, 2.24) is 9.97 Å². The highest BCUT2D eigenvalue weighted by atomic mass is 35.5. The molecule has 2 heterocycles. The molecule has 3 aromatic rings. The molecule has 7 heteroatoms. The number of thioether (sulfide) groups is 1. The second-order valence-electron chi connectivity index (χ2n) is 6.48. The summed E-state index contributed by atoms with van der Waals surface area (Å²) in [6.45, 7) is 1.76. The average Bonchev–Trinajstić information content (AvgIpc) is 2.72. The van der Waals surface area contributed by atoms with Crippen LogP contribution in [0, 0.1) is 0 Å². The molecule has 1 aliphatic heterocycles. The highest BCUT2D eigenvalue weighted by Crippen LogP contribution is 2.24. The third-order valence-electron chi connectivity index (χ3n) is 4.51. The van der Waals surface area contributed by atoms with E-state index in [0.717, 1.165) is 25.3 Å². The van der Waals surface area contributed by atoms with Gasteiger partial charge in [0, 0.05) is 30.0 Å². The van der Waals surface area contributed by atoms with Crippen LogP contribution in [0.2, 0.25) is 5.02 Å². The van der Waals surface area contributed by atoms with Crippen LogP contribution >= 0.6 is 23.4 Å². The van der Waals surface area contributed by atoms with Crippen LogP contribution in [0.1, 0.15) is 11.1 Å². The summed E-state index contributed by atoms with van der Waals surface area (Å²) in [5.41, 5.74) is 3.42. The lowest BCUT2D eigenvalue weighted by Crippen LogP contribution is -2.31. The fourth-order valence-electron chi connectivity index (χ4n) is 3.16. The Morgan fingerprint density at radius 1 is 1.14 bits per heavy atom. The Labute approximate surface area is 173 Å². The molecule has 0 aliphatic carbocycles. The summed E-state index contributed by atoms with van der Waals surface area (Å²) in [4.78, 5) is 23.4. The molecule has 0 spiro atoms. The number of hydrogen-bond donors (Lipinski definition) is 1. The number of hydrogen-bond acceptors (Lipinski definition) is 5. The Morgan fingerprint density at radius 3 is 2.86 bits per heavy atom. The Morgan fingerprint density at radius 2 is 2.00 bits per heavy atom. The maximum Gasteiger partial charge on any atom is 0.234 e. The van der Waals surface area contributed by atoms with Crippen molar-refractivity contribution in [3.05, 3.63) is 76.9 Å². The minimum Gasteiger partial charge on any atom is -0.352 e.